The normalized spacial score (nSPS) is 17.6. The predicted octanol–water partition coefficient (Wildman–Crippen LogP) is 4.63. The highest BCUT2D eigenvalue weighted by Gasteiger charge is 2.31. The van der Waals surface area contributed by atoms with E-state index in [0.29, 0.717) is 11.1 Å². The lowest BCUT2D eigenvalue weighted by molar-refractivity contribution is 0.0989. The van der Waals surface area contributed by atoms with Gasteiger partial charge in [0.05, 0.1) is 16.3 Å². The maximum Gasteiger partial charge on any atom is 0.197 e. The molecule has 3 nitrogen and oxygen atoms in total. The summed E-state index contributed by atoms with van der Waals surface area (Å²) >= 11 is 1.70. The minimum absolute atomic E-state index is 0.197. The zero-order valence-corrected chi connectivity index (χ0v) is 14.4. The molecule has 0 amide bonds. The van der Waals surface area contributed by atoms with Crippen LogP contribution in [0.15, 0.2) is 88.3 Å². The Hall–Kier alpha value is -2.85. The molecule has 25 heavy (non-hydrogen) atoms. The number of carbonyl (C=O) groups excluding carboxylic acids is 2. The Kier molecular flexibility index (Phi) is 3.90. The van der Waals surface area contributed by atoms with Crippen LogP contribution < -0.4 is 4.90 Å². The summed E-state index contributed by atoms with van der Waals surface area (Å²) in [6.07, 6.45) is 7.20. The molecule has 0 N–H and O–H groups in total. The van der Waals surface area contributed by atoms with Crippen molar-refractivity contribution in [3.8, 4) is 0 Å². The minimum atomic E-state index is -0.197. The second-order valence-electron chi connectivity index (χ2n) is 5.80. The van der Waals surface area contributed by atoms with E-state index in [1.807, 2.05) is 31.3 Å². The minimum Gasteiger partial charge on any atom is -0.338 e. The fourth-order valence-corrected chi connectivity index (χ4v) is 4.04. The van der Waals surface area contributed by atoms with Gasteiger partial charge in [-0.1, -0.05) is 60.3 Å². The highest BCUT2D eigenvalue weighted by molar-refractivity contribution is 8.03. The summed E-state index contributed by atoms with van der Waals surface area (Å²) in [5, 5.41) is 1.10. The van der Waals surface area contributed by atoms with Crippen LogP contribution in [0.25, 0.3) is 0 Å². The third kappa shape index (κ3) is 2.65. The molecule has 0 spiro atoms. The van der Waals surface area contributed by atoms with Gasteiger partial charge in [0.2, 0.25) is 0 Å². The van der Waals surface area contributed by atoms with Crippen molar-refractivity contribution < 1.29 is 9.59 Å². The summed E-state index contributed by atoms with van der Waals surface area (Å²) in [4.78, 5) is 28.0. The van der Waals surface area contributed by atoms with Crippen LogP contribution in [0.1, 0.15) is 20.7 Å². The molecule has 122 valence electrons. The van der Waals surface area contributed by atoms with Gasteiger partial charge in [0.25, 0.3) is 0 Å². The molecule has 1 aliphatic heterocycles. The maximum atomic E-state index is 12.3. The molecule has 1 heterocycles. The third-order valence-electron chi connectivity index (χ3n) is 4.29. The molecule has 4 rings (SSSR count). The number of fused-ring (bicyclic) bond motifs is 2. The van der Waals surface area contributed by atoms with Crippen LogP contribution in [0.4, 0.5) is 5.69 Å². The monoisotopic (exact) mass is 345 g/mol. The van der Waals surface area contributed by atoms with E-state index in [2.05, 4.69) is 17.0 Å². The zero-order valence-electron chi connectivity index (χ0n) is 13.6. The quantitative estimate of drug-likeness (QED) is 0.587. The molecule has 0 fully saturated rings. The van der Waals surface area contributed by atoms with Crippen LogP contribution in [-0.2, 0) is 0 Å². The number of hydrogen-bond acceptors (Lipinski definition) is 4. The smallest absolute Gasteiger partial charge is 0.197 e. The van der Waals surface area contributed by atoms with Crippen LogP contribution in [0, 0.1) is 0 Å². The van der Waals surface area contributed by atoms with Crippen molar-refractivity contribution >= 4 is 29.0 Å². The Morgan fingerprint density at radius 3 is 2.12 bits per heavy atom. The summed E-state index contributed by atoms with van der Waals surface area (Å²) < 4.78 is 0. The van der Waals surface area contributed by atoms with Gasteiger partial charge in [0.1, 0.15) is 0 Å². The van der Waals surface area contributed by atoms with E-state index >= 15 is 0 Å². The van der Waals surface area contributed by atoms with Crippen LogP contribution in [-0.4, -0.2) is 18.6 Å². The Bertz CT molecular complexity index is 948. The van der Waals surface area contributed by atoms with Crippen molar-refractivity contribution in [3.63, 3.8) is 0 Å². The molecule has 0 unspecified atom stereocenters. The molecule has 0 bridgehead atoms. The highest BCUT2D eigenvalue weighted by atomic mass is 32.2. The van der Waals surface area contributed by atoms with Gasteiger partial charge in [-0.2, -0.15) is 0 Å². The van der Waals surface area contributed by atoms with Crippen molar-refractivity contribution in [2.75, 3.05) is 11.9 Å². The van der Waals surface area contributed by atoms with Gasteiger partial charge in [0.15, 0.2) is 11.6 Å². The standard InChI is InChI=1S/C21H15NO2S/c1-22-17-11-5-6-12-18(17)25-19(22)13-7-4-10-16-20(23)14-8-2-3-9-15(14)21(16)24/h2-13H,1H3. The van der Waals surface area contributed by atoms with Gasteiger partial charge in [-0.25, -0.2) is 0 Å². The van der Waals surface area contributed by atoms with Crippen LogP contribution in [0.2, 0.25) is 0 Å². The summed E-state index contributed by atoms with van der Waals surface area (Å²) in [6.45, 7) is 0. The number of para-hydroxylation sites is 1. The summed E-state index contributed by atoms with van der Waals surface area (Å²) in [5.74, 6) is -0.393. The summed E-state index contributed by atoms with van der Waals surface area (Å²) in [7, 11) is 2.03. The molecule has 2 aromatic carbocycles. The lowest BCUT2D eigenvalue weighted by Gasteiger charge is -2.12. The molecule has 0 aromatic heterocycles. The fourth-order valence-electron chi connectivity index (χ4n) is 2.98. The van der Waals surface area contributed by atoms with Crippen molar-refractivity contribution in [1.82, 2.24) is 0 Å². The van der Waals surface area contributed by atoms with E-state index in [4.69, 9.17) is 0 Å². The number of Topliss-reactive ketones (excluding diaryl/α,β-unsaturated/α-hetero) is 2. The second-order valence-corrected chi connectivity index (χ2v) is 6.87. The van der Waals surface area contributed by atoms with E-state index in [-0.39, 0.29) is 17.1 Å². The van der Waals surface area contributed by atoms with Crippen LogP contribution in [0.5, 0.6) is 0 Å². The molecule has 0 atom stereocenters. The zero-order chi connectivity index (χ0) is 17.4. The molecule has 0 radical (unpaired) electrons. The van der Waals surface area contributed by atoms with E-state index in [0.717, 1.165) is 5.03 Å². The number of ketones is 2. The van der Waals surface area contributed by atoms with E-state index in [9.17, 15) is 9.59 Å². The van der Waals surface area contributed by atoms with Crippen LogP contribution >= 0.6 is 11.8 Å². The maximum absolute atomic E-state index is 12.3. The summed E-state index contributed by atoms with van der Waals surface area (Å²) in [5.41, 5.74) is 2.40. The first kappa shape index (κ1) is 15.7. The number of nitrogens with zero attached hydrogens (tertiary/aromatic N) is 1. The number of carbonyl (C=O) groups is 2. The Labute approximate surface area is 150 Å². The largest absolute Gasteiger partial charge is 0.338 e. The van der Waals surface area contributed by atoms with Crippen molar-refractivity contribution in [3.05, 3.63) is 94.6 Å². The number of anilines is 1. The molecule has 1 aliphatic carbocycles. The van der Waals surface area contributed by atoms with Gasteiger partial charge in [0, 0.05) is 23.1 Å². The Morgan fingerprint density at radius 1 is 0.840 bits per heavy atom. The van der Waals surface area contributed by atoms with E-state index in [1.165, 1.54) is 10.6 Å². The number of thioether (sulfide) groups is 1. The van der Waals surface area contributed by atoms with E-state index < -0.39 is 0 Å². The average molecular weight is 345 g/mol. The van der Waals surface area contributed by atoms with Gasteiger partial charge in [-0.3, -0.25) is 9.59 Å². The lowest BCUT2D eigenvalue weighted by atomic mass is 10.1. The van der Waals surface area contributed by atoms with Gasteiger partial charge in [-0.15, -0.1) is 0 Å². The average Bonchev–Trinajstić information content (AvgIpc) is 3.08. The van der Waals surface area contributed by atoms with Crippen molar-refractivity contribution in [2.24, 2.45) is 0 Å². The summed E-state index contributed by atoms with van der Waals surface area (Å²) in [6, 6.07) is 15.2. The fraction of sp³-hybridized carbons (Fsp3) is 0.0476. The molecule has 0 saturated carbocycles. The molecule has 2 aromatic rings. The predicted molar refractivity (Wildman–Crippen MR) is 101 cm³/mol. The Morgan fingerprint density at radius 2 is 1.44 bits per heavy atom. The third-order valence-corrected chi connectivity index (χ3v) is 5.47. The number of hydrogen-bond donors (Lipinski definition) is 0. The molecule has 0 saturated heterocycles. The van der Waals surface area contributed by atoms with Crippen molar-refractivity contribution in [2.45, 2.75) is 4.90 Å². The first-order chi connectivity index (χ1) is 12.2. The van der Waals surface area contributed by atoms with E-state index in [1.54, 1.807) is 48.2 Å². The van der Waals surface area contributed by atoms with Crippen molar-refractivity contribution in [1.29, 1.82) is 0 Å². The highest BCUT2D eigenvalue weighted by Crippen LogP contribution is 2.44. The Balaban J connectivity index is 1.54. The van der Waals surface area contributed by atoms with Gasteiger partial charge in [-0.05, 0) is 24.3 Å². The van der Waals surface area contributed by atoms with Gasteiger partial charge >= 0.3 is 0 Å². The molecule has 4 heteroatoms. The first-order valence-electron chi connectivity index (χ1n) is 7.94. The second kappa shape index (κ2) is 6.22. The van der Waals surface area contributed by atoms with Gasteiger partial charge < -0.3 is 4.90 Å². The number of allylic oxidation sites excluding steroid dienone is 5. The molecule has 2 aliphatic rings. The lowest BCUT2D eigenvalue weighted by Crippen LogP contribution is -2.08. The topological polar surface area (TPSA) is 37.4 Å². The molecular formula is C21H15NO2S. The SMILES string of the molecule is CN1C(=CC=CC=C2C(=O)c3ccccc3C2=O)Sc2ccccc21. The molecular weight excluding hydrogens is 330 g/mol. The number of benzene rings is 2. The van der Waals surface area contributed by atoms with Crippen LogP contribution in [0.3, 0.4) is 0 Å². The number of rotatable bonds is 2. The first-order valence-corrected chi connectivity index (χ1v) is 8.76.